The summed E-state index contributed by atoms with van der Waals surface area (Å²) < 4.78 is 24.2. The van der Waals surface area contributed by atoms with Crippen molar-refractivity contribution in [1.29, 1.82) is 0 Å². The van der Waals surface area contributed by atoms with Gasteiger partial charge in [-0.3, -0.25) is 9.69 Å². The molecule has 6 nitrogen and oxygen atoms in total. The van der Waals surface area contributed by atoms with Crippen molar-refractivity contribution in [1.82, 2.24) is 14.8 Å². The second-order valence-electron chi connectivity index (χ2n) is 6.30. The molecule has 1 aromatic heterocycles. The van der Waals surface area contributed by atoms with E-state index in [1.807, 2.05) is 36.2 Å². The van der Waals surface area contributed by atoms with E-state index in [-0.39, 0.29) is 30.0 Å². The highest BCUT2D eigenvalue weighted by Gasteiger charge is 2.31. The maximum atomic E-state index is 12.4. The summed E-state index contributed by atoms with van der Waals surface area (Å²) in [4.78, 5) is 20.4. The number of likely N-dealkylation sites (N-methyl/N-ethyl adjacent to an activating group) is 2. The molecule has 0 N–H and O–H groups in total. The van der Waals surface area contributed by atoms with Crippen molar-refractivity contribution in [2.45, 2.75) is 19.0 Å². The first-order chi connectivity index (χ1) is 11.3. The summed E-state index contributed by atoms with van der Waals surface area (Å²) in [6.07, 6.45) is 0.605. The second-order valence-corrected chi connectivity index (χ2v) is 9.64. The molecule has 1 aliphatic heterocycles. The number of amides is 1. The molecule has 0 spiro atoms. The minimum absolute atomic E-state index is 0.0268. The largest absolute Gasteiger partial charge is 0.338 e. The number of sulfone groups is 1. The maximum absolute atomic E-state index is 12.4. The van der Waals surface area contributed by atoms with Gasteiger partial charge in [-0.15, -0.1) is 11.3 Å². The minimum Gasteiger partial charge on any atom is -0.338 e. The first-order valence-electron chi connectivity index (χ1n) is 7.83. The molecule has 2 heterocycles. The Balaban J connectivity index is 1.58. The quantitative estimate of drug-likeness (QED) is 0.798. The molecule has 8 heteroatoms. The lowest BCUT2D eigenvalue weighted by Crippen LogP contribution is -2.41. The average molecular weight is 367 g/mol. The molecule has 1 unspecified atom stereocenters. The van der Waals surface area contributed by atoms with Gasteiger partial charge in [0.25, 0.3) is 0 Å². The van der Waals surface area contributed by atoms with Crippen LogP contribution < -0.4 is 0 Å². The standard InChI is InChI=1S/C16H21N3O3S2/c1-18(12-7-8-24(21,22)11-12)10-16(20)19(2)9-15-17-13-5-3-4-6-14(13)23-15/h3-6,12H,7-11H2,1-2H3. The van der Waals surface area contributed by atoms with E-state index in [9.17, 15) is 13.2 Å². The van der Waals surface area contributed by atoms with Crippen molar-refractivity contribution in [3.05, 3.63) is 29.3 Å². The summed E-state index contributed by atoms with van der Waals surface area (Å²) in [5, 5.41) is 0.901. The maximum Gasteiger partial charge on any atom is 0.236 e. The van der Waals surface area contributed by atoms with E-state index in [1.165, 1.54) is 0 Å². The van der Waals surface area contributed by atoms with E-state index in [2.05, 4.69) is 4.98 Å². The fraction of sp³-hybridized carbons (Fsp3) is 0.500. The van der Waals surface area contributed by atoms with E-state index in [4.69, 9.17) is 0 Å². The summed E-state index contributed by atoms with van der Waals surface area (Å²) in [5.41, 5.74) is 0.951. The van der Waals surface area contributed by atoms with Crippen LogP contribution in [0.1, 0.15) is 11.4 Å². The van der Waals surface area contributed by atoms with Gasteiger partial charge in [0.2, 0.25) is 5.91 Å². The van der Waals surface area contributed by atoms with Gasteiger partial charge in [-0.05, 0) is 25.6 Å². The van der Waals surface area contributed by atoms with Gasteiger partial charge in [0, 0.05) is 13.1 Å². The highest BCUT2D eigenvalue weighted by molar-refractivity contribution is 7.91. The Hall–Kier alpha value is -1.51. The predicted molar refractivity (Wildman–Crippen MR) is 95.8 cm³/mol. The number of carbonyl (C=O) groups excluding carboxylic acids is 1. The van der Waals surface area contributed by atoms with Crippen LogP contribution in [0.2, 0.25) is 0 Å². The van der Waals surface area contributed by atoms with E-state index < -0.39 is 9.84 Å². The van der Waals surface area contributed by atoms with Crippen LogP contribution in [0, 0.1) is 0 Å². The van der Waals surface area contributed by atoms with E-state index in [1.54, 1.807) is 23.3 Å². The molecule has 1 aliphatic rings. The zero-order valence-electron chi connectivity index (χ0n) is 13.8. The van der Waals surface area contributed by atoms with Gasteiger partial charge < -0.3 is 4.90 Å². The lowest BCUT2D eigenvalue weighted by Gasteiger charge is -2.25. The van der Waals surface area contributed by atoms with Crippen LogP contribution in [0.5, 0.6) is 0 Å². The number of fused-ring (bicyclic) bond motifs is 1. The monoisotopic (exact) mass is 367 g/mol. The van der Waals surface area contributed by atoms with Crippen LogP contribution in [0.4, 0.5) is 0 Å². The Morgan fingerprint density at radius 3 is 2.75 bits per heavy atom. The molecule has 0 bridgehead atoms. The van der Waals surface area contributed by atoms with Gasteiger partial charge in [-0.1, -0.05) is 12.1 Å². The first kappa shape index (κ1) is 17.3. The number of nitrogens with zero attached hydrogens (tertiary/aromatic N) is 3. The zero-order chi connectivity index (χ0) is 17.3. The van der Waals surface area contributed by atoms with Crippen LogP contribution >= 0.6 is 11.3 Å². The third-order valence-corrected chi connectivity index (χ3v) is 7.12. The second kappa shape index (κ2) is 6.78. The molecule has 130 valence electrons. The zero-order valence-corrected chi connectivity index (χ0v) is 15.4. The lowest BCUT2D eigenvalue weighted by molar-refractivity contribution is -0.131. The molecule has 1 atom stereocenters. The van der Waals surface area contributed by atoms with Crippen LogP contribution in [0.15, 0.2) is 24.3 Å². The van der Waals surface area contributed by atoms with Crippen molar-refractivity contribution in [2.75, 3.05) is 32.1 Å². The van der Waals surface area contributed by atoms with E-state index >= 15 is 0 Å². The molecular weight excluding hydrogens is 346 g/mol. The average Bonchev–Trinajstić information content (AvgIpc) is 3.09. The molecule has 0 radical (unpaired) electrons. The number of para-hydroxylation sites is 1. The summed E-state index contributed by atoms with van der Waals surface area (Å²) >= 11 is 1.59. The van der Waals surface area contributed by atoms with E-state index in [0.29, 0.717) is 13.0 Å². The van der Waals surface area contributed by atoms with Gasteiger partial charge in [-0.25, -0.2) is 13.4 Å². The van der Waals surface area contributed by atoms with Crippen LogP contribution in [-0.4, -0.2) is 67.3 Å². The van der Waals surface area contributed by atoms with Crippen LogP contribution in [0.25, 0.3) is 10.2 Å². The van der Waals surface area contributed by atoms with Gasteiger partial charge in [0.1, 0.15) is 5.01 Å². The van der Waals surface area contributed by atoms with Gasteiger partial charge in [-0.2, -0.15) is 0 Å². The van der Waals surface area contributed by atoms with Gasteiger partial charge in [0.15, 0.2) is 9.84 Å². The van der Waals surface area contributed by atoms with Crippen molar-refractivity contribution < 1.29 is 13.2 Å². The lowest BCUT2D eigenvalue weighted by atomic mass is 10.2. The number of hydrogen-bond donors (Lipinski definition) is 0. The fourth-order valence-electron chi connectivity index (χ4n) is 2.86. The molecule has 0 saturated carbocycles. The molecule has 0 aliphatic carbocycles. The van der Waals surface area contributed by atoms with Gasteiger partial charge in [0.05, 0.1) is 34.8 Å². The summed E-state index contributed by atoms with van der Waals surface area (Å²) in [7, 11) is 0.637. The van der Waals surface area contributed by atoms with Crippen LogP contribution in [0.3, 0.4) is 0 Å². The molecule has 1 fully saturated rings. The predicted octanol–water partition coefficient (Wildman–Crippen LogP) is 1.37. The third-order valence-electron chi connectivity index (χ3n) is 4.35. The molecule has 24 heavy (non-hydrogen) atoms. The Morgan fingerprint density at radius 2 is 2.08 bits per heavy atom. The fourth-order valence-corrected chi connectivity index (χ4v) is 5.69. The summed E-state index contributed by atoms with van der Waals surface area (Å²) in [5.74, 6) is 0.344. The molecule has 1 amide bonds. The van der Waals surface area contributed by atoms with Gasteiger partial charge >= 0.3 is 0 Å². The topological polar surface area (TPSA) is 70.6 Å². The normalized spacial score (nSPS) is 19.9. The molecule has 1 saturated heterocycles. The highest BCUT2D eigenvalue weighted by atomic mass is 32.2. The Morgan fingerprint density at radius 1 is 1.33 bits per heavy atom. The molecule has 1 aromatic carbocycles. The Bertz CT molecular complexity index is 814. The van der Waals surface area contributed by atoms with E-state index in [0.717, 1.165) is 15.2 Å². The minimum atomic E-state index is -2.93. The number of aromatic nitrogens is 1. The third kappa shape index (κ3) is 3.93. The molecule has 2 aromatic rings. The number of carbonyl (C=O) groups is 1. The van der Waals surface area contributed by atoms with Crippen LogP contribution in [-0.2, 0) is 21.2 Å². The van der Waals surface area contributed by atoms with Crippen molar-refractivity contribution in [2.24, 2.45) is 0 Å². The number of benzene rings is 1. The Labute approximate surface area is 146 Å². The SMILES string of the molecule is CN(Cc1nc2ccccc2s1)C(=O)CN(C)C1CCS(=O)(=O)C1. The molecule has 3 rings (SSSR count). The highest BCUT2D eigenvalue weighted by Crippen LogP contribution is 2.22. The van der Waals surface area contributed by atoms with Crippen molar-refractivity contribution in [3.63, 3.8) is 0 Å². The van der Waals surface area contributed by atoms with Crippen molar-refractivity contribution >= 4 is 37.3 Å². The summed E-state index contributed by atoms with van der Waals surface area (Å²) in [6.45, 7) is 0.691. The number of thiazole rings is 1. The Kier molecular flexibility index (Phi) is 4.89. The first-order valence-corrected chi connectivity index (χ1v) is 10.5. The smallest absolute Gasteiger partial charge is 0.236 e. The number of rotatable bonds is 5. The molecular formula is C16H21N3O3S2. The summed E-state index contributed by atoms with van der Waals surface area (Å²) in [6, 6.07) is 7.85. The number of hydrogen-bond acceptors (Lipinski definition) is 6. The van der Waals surface area contributed by atoms with Crippen molar-refractivity contribution in [3.8, 4) is 0 Å².